The average molecular weight is 461 g/mol. The Labute approximate surface area is 202 Å². The first-order valence-corrected chi connectivity index (χ1v) is 12.7. The third-order valence-corrected chi connectivity index (χ3v) is 8.59. The highest BCUT2D eigenvalue weighted by Gasteiger charge is 2.56. The fraction of sp³-hybridized carbons (Fsp3) is 0.536. The molecule has 0 bridgehead atoms. The van der Waals surface area contributed by atoms with Crippen LogP contribution in [0.5, 0.6) is 0 Å². The van der Waals surface area contributed by atoms with E-state index in [0.29, 0.717) is 18.7 Å². The van der Waals surface area contributed by atoms with Crippen LogP contribution in [0.1, 0.15) is 63.0 Å². The van der Waals surface area contributed by atoms with Gasteiger partial charge in [-0.1, -0.05) is 49.4 Å². The first kappa shape index (κ1) is 23.3. The van der Waals surface area contributed by atoms with Gasteiger partial charge < -0.3 is 20.4 Å². The van der Waals surface area contributed by atoms with E-state index in [2.05, 4.69) is 53.5 Å². The molecule has 2 aromatic carbocycles. The highest BCUT2D eigenvalue weighted by molar-refractivity contribution is 5.60. The summed E-state index contributed by atoms with van der Waals surface area (Å²) in [6.45, 7) is 4.18. The Morgan fingerprint density at radius 3 is 2.29 bits per heavy atom. The van der Waals surface area contributed by atoms with Crippen molar-refractivity contribution in [1.82, 2.24) is 10.2 Å². The Bertz CT molecular complexity index is 1040. The topological polar surface area (TPSA) is 82.8 Å². The third-order valence-electron chi connectivity index (χ3n) is 8.59. The van der Waals surface area contributed by atoms with Gasteiger partial charge in [0.05, 0.1) is 16.9 Å². The molecule has 1 heterocycles. The molecular formula is C28H36N4O2. The van der Waals surface area contributed by atoms with Gasteiger partial charge >= 0.3 is 0 Å². The van der Waals surface area contributed by atoms with E-state index in [9.17, 15) is 15.5 Å². The predicted octanol–water partition coefficient (Wildman–Crippen LogP) is 3.69. The highest BCUT2D eigenvalue weighted by Crippen LogP contribution is 2.49. The lowest BCUT2D eigenvalue weighted by Gasteiger charge is -2.51. The number of hydrogen-bond acceptors (Lipinski definition) is 6. The minimum absolute atomic E-state index is 0.0801. The smallest absolute Gasteiger partial charge is 0.187 e. The van der Waals surface area contributed by atoms with Gasteiger partial charge in [0.25, 0.3) is 0 Å². The van der Waals surface area contributed by atoms with Crippen LogP contribution in [0.25, 0.3) is 0 Å². The normalized spacial score (nSPS) is 30.8. The first-order valence-electron chi connectivity index (χ1n) is 12.7. The molecular weight excluding hydrogens is 424 g/mol. The number of anilines is 1. The lowest BCUT2D eigenvalue weighted by Crippen LogP contribution is -2.60. The number of para-hydroxylation sites is 1. The molecule has 1 spiro atoms. The standard InChI is InChI=1S/C28H36N4O2/c1-2-30-28(23-10-4-3-5-11-23)17-15-26(16-18-28)20-31(24-12-7-6-9-22(24)19-29)25(33)32(26)21-27(34)13-8-14-27/h3-7,9-12,25,30,33-34H,2,8,13-18,20-21H2,1H3/t25?,26-,28+. The van der Waals surface area contributed by atoms with Crippen LogP contribution < -0.4 is 10.2 Å². The number of nitriles is 1. The zero-order valence-electron chi connectivity index (χ0n) is 20.1. The molecule has 1 atom stereocenters. The first-order chi connectivity index (χ1) is 16.4. The van der Waals surface area contributed by atoms with E-state index in [1.54, 1.807) is 0 Å². The van der Waals surface area contributed by atoms with Gasteiger partial charge in [0.15, 0.2) is 6.35 Å². The van der Waals surface area contributed by atoms with Gasteiger partial charge in [-0.3, -0.25) is 4.90 Å². The van der Waals surface area contributed by atoms with Gasteiger partial charge in [-0.05, 0) is 69.2 Å². The van der Waals surface area contributed by atoms with Gasteiger partial charge in [-0.2, -0.15) is 5.26 Å². The third kappa shape index (κ3) is 3.91. The maximum Gasteiger partial charge on any atom is 0.187 e. The van der Waals surface area contributed by atoms with E-state index in [-0.39, 0.29) is 11.1 Å². The van der Waals surface area contributed by atoms with Crippen molar-refractivity contribution in [3.8, 4) is 6.07 Å². The van der Waals surface area contributed by atoms with E-state index >= 15 is 0 Å². The molecule has 1 saturated heterocycles. The van der Waals surface area contributed by atoms with Crippen LogP contribution in [-0.4, -0.2) is 52.2 Å². The van der Waals surface area contributed by atoms with Gasteiger partial charge in [0.1, 0.15) is 6.07 Å². The fourth-order valence-corrected chi connectivity index (χ4v) is 6.49. The second kappa shape index (κ2) is 8.98. The van der Waals surface area contributed by atoms with E-state index in [0.717, 1.165) is 57.2 Å². The molecule has 6 nitrogen and oxygen atoms in total. The molecule has 3 aliphatic rings. The van der Waals surface area contributed by atoms with Crippen LogP contribution in [0.2, 0.25) is 0 Å². The Balaban J connectivity index is 1.47. The number of benzene rings is 2. The number of rotatable bonds is 6. The maximum absolute atomic E-state index is 11.6. The van der Waals surface area contributed by atoms with Gasteiger partial charge in [-0.25, -0.2) is 0 Å². The average Bonchev–Trinajstić information content (AvgIpc) is 3.11. The van der Waals surface area contributed by atoms with Crippen molar-refractivity contribution < 1.29 is 10.2 Å². The summed E-state index contributed by atoms with van der Waals surface area (Å²) in [6, 6.07) is 20.5. The highest BCUT2D eigenvalue weighted by atomic mass is 16.3. The SMILES string of the molecule is CCN[C@]1(c2ccccc2)CC[C@]2(CC1)CN(c1ccccc1C#N)C(O)N2CC1(O)CCC1. The summed E-state index contributed by atoms with van der Waals surface area (Å²) in [5.74, 6) is 0. The number of nitrogens with zero attached hydrogens (tertiary/aromatic N) is 3. The van der Waals surface area contributed by atoms with E-state index in [1.807, 2.05) is 29.2 Å². The van der Waals surface area contributed by atoms with E-state index in [1.165, 1.54) is 5.56 Å². The predicted molar refractivity (Wildman–Crippen MR) is 133 cm³/mol. The van der Waals surface area contributed by atoms with Crippen LogP contribution in [0, 0.1) is 11.3 Å². The minimum atomic E-state index is -0.859. The molecule has 0 aromatic heterocycles. The molecule has 1 aliphatic heterocycles. The molecule has 5 rings (SSSR count). The molecule has 3 N–H and O–H groups in total. The van der Waals surface area contributed by atoms with Gasteiger partial charge in [0, 0.05) is 24.2 Å². The van der Waals surface area contributed by atoms with Crippen LogP contribution >= 0.6 is 0 Å². The lowest BCUT2D eigenvalue weighted by molar-refractivity contribution is -0.120. The fourth-order valence-electron chi connectivity index (χ4n) is 6.49. The van der Waals surface area contributed by atoms with Crippen molar-refractivity contribution >= 4 is 5.69 Å². The van der Waals surface area contributed by atoms with Crippen LogP contribution in [0.3, 0.4) is 0 Å². The van der Waals surface area contributed by atoms with Crippen LogP contribution in [0.4, 0.5) is 5.69 Å². The minimum Gasteiger partial charge on any atom is -0.389 e. The van der Waals surface area contributed by atoms with Crippen LogP contribution in [0.15, 0.2) is 54.6 Å². The zero-order chi connectivity index (χ0) is 23.8. The van der Waals surface area contributed by atoms with Gasteiger partial charge in [-0.15, -0.1) is 0 Å². The van der Waals surface area contributed by atoms with Crippen molar-refractivity contribution in [2.45, 2.75) is 74.9 Å². The molecule has 2 aromatic rings. The summed E-state index contributed by atoms with van der Waals surface area (Å²) in [5.41, 5.74) is 1.61. The maximum atomic E-state index is 11.6. The summed E-state index contributed by atoms with van der Waals surface area (Å²) >= 11 is 0. The molecule has 2 aliphatic carbocycles. The van der Waals surface area contributed by atoms with Crippen LogP contribution in [-0.2, 0) is 5.54 Å². The molecule has 1 unspecified atom stereocenters. The zero-order valence-corrected chi connectivity index (χ0v) is 20.1. The summed E-state index contributed by atoms with van der Waals surface area (Å²) < 4.78 is 0. The molecule has 2 saturated carbocycles. The van der Waals surface area contributed by atoms with Crippen molar-refractivity contribution in [3.05, 3.63) is 65.7 Å². The van der Waals surface area contributed by atoms with Crippen molar-refractivity contribution in [1.29, 1.82) is 5.26 Å². The summed E-state index contributed by atoms with van der Waals surface area (Å²) in [4.78, 5) is 4.13. The van der Waals surface area contributed by atoms with E-state index < -0.39 is 12.0 Å². The molecule has 0 amide bonds. The second-order valence-electron chi connectivity index (χ2n) is 10.5. The quantitative estimate of drug-likeness (QED) is 0.610. The van der Waals surface area contributed by atoms with Crippen molar-refractivity contribution in [2.24, 2.45) is 0 Å². The van der Waals surface area contributed by atoms with Crippen molar-refractivity contribution in [3.63, 3.8) is 0 Å². The molecule has 3 fully saturated rings. The number of β-amino-alcohol motifs (C(OH)–C–C–N with tert-alkyl or cyclic N) is 1. The summed E-state index contributed by atoms with van der Waals surface area (Å²) in [5, 5.41) is 36.2. The Hall–Kier alpha value is -2.43. The number of aliphatic hydroxyl groups excluding tert-OH is 1. The number of nitrogens with one attached hydrogen (secondary N) is 1. The summed E-state index contributed by atoms with van der Waals surface area (Å²) in [6.07, 6.45) is 5.48. The molecule has 180 valence electrons. The number of hydrogen-bond donors (Lipinski definition) is 3. The summed E-state index contributed by atoms with van der Waals surface area (Å²) in [7, 11) is 0. The van der Waals surface area contributed by atoms with Crippen molar-refractivity contribution in [2.75, 3.05) is 24.5 Å². The Kier molecular flexibility index (Phi) is 6.16. The molecule has 34 heavy (non-hydrogen) atoms. The Morgan fingerprint density at radius 2 is 1.68 bits per heavy atom. The van der Waals surface area contributed by atoms with E-state index in [4.69, 9.17) is 0 Å². The number of aliphatic hydroxyl groups is 2. The van der Waals surface area contributed by atoms with Gasteiger partial charge in [0.2, 0.25) is 0 Å². The largest absolute Gasteiger partial charge is 0.389 e. The monoisotopic (exact) mass is 460 g/mol. The second-order valence-corrected chi connectivity index (χ2v) is 10.5. The Morgan fingerprint density at radius 1 is 1.00 bits per heavy atom. The molecule has 0 radical (unpaired) electrons. The lowest BCUT2D eigenvalue weighted by atomic mass is 9.68. The molecule has 6 heteroatoms.